The molecular weight excluding hydrogens is 534 g/mol. The number of hydrogen-bond donors (Lipinski definition) is 2. The Morgan fingerprint density at radius 2 is 1.43 bits per heavy atom. The molecule has 2 N–H and O–H groups in total. The van der Waals surface area contributed by atoms with Gasteiger partial charge in [0.1, 0.15) is 5.75 Å². The Morgan fingerprint density at radius 1 is 0.786 bits per heavy atom. The van der Waals surface area contributed by atoms with Crippen LogP contribution in [0.3, 0.4) is 0 Å². The van der Waals surface area contributed by atoms with E-state index in [1.54, 1.807) is 49.6 Å². The van der Waals surface area contributed by atoms with E-state index < -0.39 is 11.9 Å². The van der Waals surface area contributed by atoms with E-state index in [0.717, 1.165) is 19.3 Å². The maximum Gasteiger partial charge on any atom is 0.343 e. The van der Waals surface area contributed by atoms with Gasteiger partial charge in [-0.15, -0.1) is 0 Å². The van der Waals surface area contributed by atoms with Gasteiger partial charge in [0.05, 0.1) is 32.0 Å². The van der Waals surface area contributed by atoms with Crippen molar-refractivity contribution in [2.45, 2.75) is 90.9 Å². The number of hydrazone groups is 1. The van der Waals surface area contributed by atoms with Crippen molar-refractivity contribution in [2.75, 3.05) is 20.3 Å². The smallest absolute Gasteiger partial charge is 0.343 e. The predicted molar refractivity (Wildman–Crippen MR) is 165 cm³/mol. The maximum absolute atomic E-state index is 12.5. The summed E-state index contributed by atoms with van der Waals surface area (Å²) in [5.41, 5.74) is 3.41. The highest BCUT2D eigenvalue weighted by Crippen LogP contribution is 2.29. The van der Waals surface area contributed by atoms with E-state index in [1.807, 2.05) is 6.92 Å². The summed E-state index contributed by atoms with van der Waals surface area (Å²) in [4.78, 5) is 36.7. The number of rotatable bonds is 21. The third-order valence-electron chi connectivity index (χ3n) is 6.65. The van der Waals surface area contributed by atoms with Crippen molar-refractivity contribution in [3.8, 4) is 17.2 Å². The molecule has 230 valence electrons. The van der Waals surface area contributed by atoms with Crippen molar-refractivity contribution in [1.29, 1.82) is 0 Å². The average Bonchev–Trinajstić information content (AvgIpc) is 3.00. The summed E-state index contributed by atoms with van der Waals surface area (Å²) in [5, 5.41) is 6.59. The zero-order valence-electron chi connectivity index (χ0n) is 25.4. The first-order valence-electron chi connectivity index (χ1n) is 15.2. The van der Waals surface area contributed by atoms with Crippen molar-refractivity contribution in [3.63, 3.8) is 0 Å². The number of nitrogens with zero attached hydrogens (tertiary/aromatic N) is 1. The Kier molecular flexibility index (Phi) is 17.1. The Balaban J connectivity index is 1.67. The molecule has 0 unspecified atom stereocenters. The van der Waals surface area contributed by atoms with Crippen molar-refractivity contribution < 1.29 is 28.6 Å². The number of hydrogen-bond acceptors (Lipinski definition) is 7. The molecular formula is C33H47N3O6. The quantitative estimate of drug-likeness (QED) is 0.0566. The van der Waals surface area contributed by atoms with E-state index in [9.17, 15) is 14.4 Å². The number of unbranched alkanes of at least 4 members (excludes halogenated alkanes) is 10. The van der Waals surface area contributed by atoms with Gasteiger partial charge in [0.2, 0.25) is 5.91 Å². The lowest BCUT2D eigenvalue weighted by molar-refractivity contribution is -0.126. The molecule has 9 heteroatoms. The fourth-order valence-electron chi connectivity index (χ4n) is 4.28. The molecule has 9 nitrogen and oxygen atoms in total. The van der Waals surface area contributed by atoms with Crippen molar-refractivity contribution in [2.24, 2.45) is 5.10 Å². The van der Waals surface area contributed by atoms with Crippen molar-refractivity contribution in [1.82, 2.24) is 10.7 Å². The first-order valence-corrected chi connectivity index (χ1v) is 15.2. The molecule has 2 amide bonds. The largest absolute Gasteiger partial charge is 0.497 e. The summed E-state index contributed by atoms with van der Waals surface area (Å²) >= 11 is 0. The Bertz CT molecular complexity index is 1120. The van der Waals surface area contributed by atoms with Gasteiger partial charge in [-0.3, -0.25) is 9.59 Å². The SMILES string of the molecule is CCCCCCCCCCCCCC(=O)NCC(=O)N/N=C/c1ccc(OC(=O)c2ccc(OC)cc2)c(OCC)c1. The van der Waals surface area contributed by atoms with Crippen molar-refractivity contribution >= 4 is 24.0 Å². The van der Waals surface area contributed by atoms with Gasteiger partial charge in [0, 0.05) is 6.42 Å². The van der Waals surface area contributed by atoms with E-state index in [2.05, 4.69) is 22.8 Å². The van der Waals surface area contributed by atoms with E-state index >= 15 is 0 Å². The summed E-state index contributed by atoms with van der Waals surface area (Å²) in [6.07, 6.45) is 15.3. The molecule has 0 bridgehead atoms. The second-order valence-corrected chi connectivity index (χ2v) is 10.1. The summed E-state index contributed by atoms with van der Waals surface area (Å²) in [6.45, 7) is 4.28. The van der Waals surface area contributed by atoms with Gasteiger partial charge in [-0.1, -0.05) is 71.1 Å². The summed E-state index contributed by atoms with van der Waals surface area (Å²) < 4.78 is 16.3. The van der Waals surface area contributed by atoms with E-state index in [1.165, 1.54) is 57.6 Å². The van der Waals surface area contributed by atoms with Crippen LogP contribution in [-0.4, -0.2) is 44.3 Å². The summed E-state index contributed by atoms with van der Waals surface area (Å²) in [7, 11) is 1.55. The topological polar surface area (TPSA) is 115 Å². The number of nitrogens with one attached hydrogen (secondary N) is 2. The molecule has 0 saturated heterocycles. The fraction of sp³-hybridized carbons (Fsp3) is 0.515. The molecule has 0 heterocycles. The monoisotopic (exact) mass is 581 g/mol. The Morgan fingerprint density at radius 3 is 2.05 bits per heavy atom. The summed E-state index contributed by atoms with van der Waals surface area (Å²) in [5.74, 6) is 0.181. The molecule has 0 radical (unpaired) electrons. The zero-order valence-corrected chi connectivity index (χ0v) is 25.4. The van der Waals surface area contributed by atoms with Gasteiger partial charge in [-0.25, -0.2) is 10.2 Å². The number of carbonyl (C=O) groups is 3. The molecule has 0 aliphatic heterocycles. The Hall–Kier alpha value is -3.88. The molecule has 42 heavy (non-hydrogen) atoms. The second-order valence-electron chi connectivity index (χ2n) is 10.1. The molecule has 2 aromatic rings. The van der Waals surface area contributed by atoms with Gasteiger partial charge < -0.3 is 19.5 Å². The number of methoxy groups -OCH3 is 1. The molecule has 2 aromatic carbocycles. The normalized spacial score (nSPS) is 10.8. The summed E-state index contributed by atoms with van der Waals surface area (Å²) in [6, 6.07) is 11.5. The Labute approximate surface area is 250 Å². The highest BCUT2D eigenvalue weighted by atomic mass is 16.6. The molecule has 0 fully saturated rings. The molecule has 0 aliphatic rings. The van der Waals surface area contributed by atoms with Crippen molar-refractivity contribution in [3.05, 3.63) is 53.6 Å². The van der Waals surface area contributed by atoms with Crippen LogP contribution in [0.4, 0.5) is 0 Å². The lowest BCUT2D eigenvalue weighted by Crippen LogP contribution is -2.34. The fourth-order valence-corrected chi connectivity index (χ4v) is 4.28. The van der Waals surface area contributed by atoms with E-state index in [-0.39, 0.29) is 18.2 Å². The highest BCUT2D eigenvalue weighted by Gasteiger charge is 2.13. The van der Waals surface area contributed by atoms with Crippen LogP contribution in [0, 0.1) is 0 Å². The highest BCUT2D eigenvalue weighted by molar-refractivity contribution is 5.92. The number of esters is 1. The van der Waals surface area contributed by atoms with Gasteiger partial charge in [0.15, 0.2) is 11.5 Å². The van der Waals surface area contributed by atoms with Crippen LogP contribution < -0.4 is 25.0 Å². The molecule has 0 atom stereocenters. The van der Waals surface area contributed by atoms with Gasteiger partial charge >= 0.3 is 5.97 Å². The minimum atomic E-state index is -0.530. The minimum absolute atomic E-state index is 0.133. The predicted octanol–water partition coefficient (Wildman–Crippen LogP) is 6.58. The maximum atomic E-state index is 12.5. The van der Waals surface area contributed by atoms with Gasteiger partial charge in [-0.05, 0) is 61.4 Å². The first kappa shape index (κ1) is 34.3. The second kappa shape index (κ2) is 20.9. The molecule has 0 spiro atoms. The van der Waals surface area contributed by atoms with E-state index in [0.29, 0.717) is 35.7 Å². The number of benzene rings is 2. The minimum Gasteiger partial charge on any atom is -0.497 e. The molecule has 0 saturated carbocycles. The third kappa shape index (κ3) is 14.1. The third-order valence-corrected chi connectivity index (χ3v) is 6.65. The molecule has 2 rings (SSSR count). The standard InChI is InChI=1S/C33H47N3O6/c1-4-6-7-8-9-10-11-12-13-14-15-16-31(37)34-25-32(38)36-35-24-26-17-22-29(30(23-26)41-5-2)42-33(39)27-18-20-28(40-3)21-19-27/h17-24H,4-16,25H2,1-3H3,(H,34,37)(H,36,38)/b35-24+. The lowest BCUT2D eigenvalue weighted by Gasteiger charge is -2.11. The van der Waals surface area contributed by atoms with Crippen LogP contribution in [0.15, 0.2) is 47.6 Å². The van der Waals surface area contributed by atoms with E-state index in [4.69, 9.17) is 14.2 Å². The van der Waals surface area contributed by atoms with Crippen LogP contribution in [-0.2, 0) is 9.59 Å². The number of ether oxygens (including phenoxy) is 3. The van der Waals surface area contributed by atoms with Gasteiger partial charge in [0.25, 0.3) is 5.91 Å². The van der Waals surface area contributed by atoms with Crippen LogP contribution in [0.2, 0.25) is 0 Å². The van der Waals surface area contributed by atoms with Crippen LogP contribution >= 0.6 is 0 Å². The van der Waals surface area contributed by atoms with Crippen LogP contribution in [0.25, 0.3) is 0 Å². The first-order chi connectivity index (χ1) is 20.5. The van der Waals surface area contributed by atoms with Crippen LogP contribution in [0.1, 0.15) is 107 Å². The average molecular weight is 582 g/mol. The van der Waals surface area contributed by atoms with Crippen LogP contribution in [0.5, 0.6) is 17.2 Å². The number of carbonyl (C=O) groups excluding carboxylic acids is 3. The zero-order chi connectivity index (χ0) is 30.4. The molecule has 0 aromatic heterocycles. The number of amides is 2. The van der Waals surface area contributed by atoms with Gasteiger partial charge in [-0.2, -0.15) is 5.10 Å². The molecule has 0 aliphatic carbocycles. The lowest BCUT2D eigenvalue weighted by atomic mass is 10.1.